The lowest BCUT2D eigenvalue weighted by atomic mass is 10.3. The fourth-order valence-corrected chi connectivity index (χ4v) is 2.02. The van der Waals surface area contributed by atoms with E-state index in [0.29, 0.717) is 5.82 Å². The summed E-state index contributed by atoms with van der Waals surface area (Å²) in [6.45, 7) is 1.60. The zero-order valence-corrected chi connectivity index (χ0v) is 11.2. The highest BCUT2D eigenvalue weighted by molar-refractivity contribution is 5.18. The molecule has 0 saturated carbocycles. The second-order valence-electron chi connectivity index (χ2n) is 4.47. The molecule has 0 fully saturated rings. The summed E-state index contributed by atoms with van der Waals surface area (Å²) in [6, 6.07) is 0. The van der Waals surface area contributed by atoms with Crippen molar-refractivity contribution >= 4 is 11.8 Å². The van der Waals surface area contributed by atoms with Crippen LogP contribution in [0.5, 0.6) is 0 Å². The minimum atomic E-state index is -1.20. The van der Waals surface area contributed by atoms with E-state index < -0.39 is 16.6 Å². The van der Waals surface area contributed by atoms with Gasteiger partial charge in [-0.3, -0.25) is 9.13 Å². The highest BCUT2D eigenvalue weighted by Gasteiger charge is 2.18. The van der Waals surface area contributed by atoms with Gasteiger partial charge < -0.3 is 15.5 Å². The molecule has 2 aromatic heterocycles. The van der Waals surface area contributed by atoms with Crippen LogP contribution in [-0.4, -0.2) is 40.7 Å². The first-order valence-corrected chi connectivity index (χ1v) is 6.08. The molecule has 11 heteroatoms. The van der Waals surface area contributed by atoms with Gasteiger partial charge in [0.05, 0.1) is 25.4 Å². The van der Waals surface area contributed by atoms with Crippen LogP contribution >= 0.6 is 0 Å². The Bertz CT molecular complexity index is 595. The number of nitrogens with one attached hydrogen (secondary N) is 2. The summed E-state index contributed by atoms with van der Waals surface area (Å²) in [6.07, 6.45) is 2.99. The summed E-state index contributed by atoms with van der Waals surface area (Å²) < 4.78 is 2.66. The van der Waals surface area contributed by atoms with Gasteiger partial charge in [0.25, 0.3) is 5.82 Å². The summed E-state index contributed by atoms with van der Waals surface area (Å²) in [5.41, 5.74) is 0. The predicted molar refractivity (Wildman–Crippen MR) is 66.8 cm³/mol. The van der Waals surface area contributed by atoms with E-state index in [9.17, 15) is 15.5 Å². The molecule has 0 saturated heterocycles. The third kappa shape index (κ3) is 3.43. The molecule has 116 valence electrons. The van der Waals surface area contributed by atoms with Crippen molar-refractivity contribution < 1.29 is 26.0 Å². The number of hydrogen-bond donors (Lipinski definition) is 5. The van der Waals surface area contributed by atoms with Crippen LogP contribution in [0.15, 0.2) is 18.6 Å². The number of hydrogen-bond acceptors (Lipinski definition) is 7. The largest absolute Gasteiger partial charge is 0.594 e. The van der Waals surface area contributed by atoms with E-state index in [2.05, 4.69) is 9.97 Å². The Morgan fingerprint density at radius 2 is 1.95 bits per heavy atom. The molecular weight excluding hydrogens is 284 g/mol. The number of aryl methyl sites for hydroxylation is 1. The number of aliphatic hydroxyl groups excluding tert-OH is 1. The molecule has 0 bridgehead atoms. The molecular formula is C10H16N6O5. The summed E-state index contributed by atoms with van der Waals surface area (Å²) >= 11 is 0. The molecule has 2 heterocycles. The van der Waals surface area contributed by atoms with Gasteiger partial charge >= 0.3 is 5.95 Å². The molecule has 0 aliphatic carbocycles. The second-order valence-corrected chi connectivity index (χ2v) is 4.47. The van der Waals surface area contributed by atoms with Gasteiger partial charge in [0.15, 0.2) is 0 Å². The smallest absolute Gasteiger partial charge is 0.341 e. The first-order chi connectivity index (χ1) is 9.90. The Hall–Kier alpha value is -1.86. The fraction of sp³-hybridized carbons (Fsp3) is 0.400. The molecule has 11 nitrogen and oxygen atoms in total. The molecule has 0 amide bonds. The average Bonchev–Trinajstić information content (AvgIpc) is 2.97. The number of imidazole rings is 2. The molecule has 0 aliphatic rings. The maximum absolute atomic E-state index is 11.0. The van der Waals surface area contributed by atoms with Crippen molar-refractivity contribution in [3.05, 3.63) is 34.8 Å². The van der Waals surface area contributed by atoms with Gasteiger partial charge in [-0.2, -0.15) is 15.4 Å². The quantitative estimate of drug-likeness (QED) is 0.363. The molecule has 5 N–H and O–H groups in total. The lowest BCUT2D eigenvalue weighted by Gasteiger charge is -2.19. The monoisotopic (exact) mass is 300 g/mol. The molecule has 0 radical (unpaired) electrons. The molecule has 0 aromatic carbocycles. The number of nitrogens with zero attached hydrogens (tertiary/aromatic N) is 4. The summed E-state index contributed by atoms with van der Waals surface area (Å²) in [5, 5.41) is 47.6. The molecule has 21 heavy (non-hydrogen) atoms. The molecule has 3 unspecified atom stereocenters. The van der Waals surface area contributed by atoms with Crippen LogP contribution in [0, 0.1) is 17.3 Å². The lowest BCUT2D eigenvalue weighted by molar-refractivity contribution is -0.996. The van der Waals surface area contributed by atoms with Gasteiger partial charge in [-0.1, -0.05) is 0 Å². The highest BCUT2D eigenvalue weighted by atomic mass is 16.8. The summed E-state index contributed by atoms with van der Waals surface area (Å²) in [4.78, 5) is 7.56. The van der Waals surface area contributed by atoms with Gasteiger partial charge in [-0.15, -0.1) is 0 Å². The van der Waals surface area contributed by atoms with Crippen LogP contribution < -0.4 is 10.5 Å². The highest BCUT2D eigenvalue weighted by Crippen LogP contribution is 2.09. The minimum Gasteiger partial charge on any atom is -0.594 e. The van der Waals surface area contributed by atoms with Gasteiger partial charge in [0.2, 0.25) is 0 Å². The predicted octanol–water partition coefficient (Wildman–Crippen LogP) is -2.74. The number of aromatic nitrogens is 4. The average molecular weight is 300 g/mol. The van der Waals surface area contributed by atoms with Crippen molar-refractivity contribution in [1.82, 2.24) is 19.1 Å². The van der Waals surface area contributed by atoms with Gasteiger partial charge in [-0.25, -0.2) is 15.4 Å². The molecule has 0 aliphatic heterocycles. The third-order valence-corrected chi connectivity index (χ3v) is 2.98. The molecule has 0 spiro atoms. The van der Waals surface area contributed by atoms with E-state index in [1.165, 1.54) is 27.7 Å². The Balaban J connectivity index is 2.10. The first kappa shape index (κ1) is 15.5. The van der Waals surface area contributed by atoms with Crippen LogP contribution in [0.1, 0.15) is 5.82 Å². The van der Waals surface area contributed by atoms with Crippen molar-refractivity contribution in [2.45, 2.75) is 26.1 Å². The van der Waals surface area contributed by atoms with Crippen LogP contribution in [0.4, 0.5) is 11.8 Å². The normalized spacial score (nSPS) is 15.9. The molecule has 2 rings (SSSR count). The van der Waals surface area contributed by atoms with Crippen LogP contribution in [0.2, 0.25) is 0 Å². The minimum absolute atomic E-state index is 0.00922. The Morgan fingerprint density at radius 1 is 1.24 bits per heavy atom. The number of quaternary nitrogens is 2. The van der Waals surface area contributed by atoms with Crippen LogP contribution in [-0.2, 0) is 13.1 Å². The first-order valence-electron chi connectivity index (χ1n) is 6.08. The van der Waals surface area contributed by atoms with E-state index >= 15 is 0 Å². The van der Waals surface area contributed by atoms with E-state index in [4.69, 9.17) is 10.4 Å². The summed E-state index contributed by atoms with van der Waals surface area (Å²) in [7, 11) is 0. The molecule has 3 atom stereocenters. The number of aliphatic hydroxyl groups is 1. The van der Waals surface area contributed by atoms with Crippen molar-refractivity contribution in [3.8, 4) is 0 Å². The zero-order chi connectivity index (χ0) is 15.6. The van der Waals surface area contributed by atoms with E-state index in [1.807, 2.05) is 0 Å². The Labute approximate surface area is 119 Å². The zero-order valence-electron chi connectivity index (χ0n) is 11.2. The lowest BCUT2D eigenvalue weighted by Crippen LogP contribution is -3.00. The van der Waals surface area contributed by atoms with E-state index in [0.717, 1.165) is 0 Å². The Kier molecular flexibility index (Phi) is 4.64. The van der Waals surface area contributed by atoms with Crippen molar-refractivity contribution in [1.29, 1.82) is 0 Å². The van der Waals surface area contributed by atoms with E-state index in [1.54, 1.807) is 6.92 Å². The van der Waals surface area contributed by atoms with Crippen molar-refractivity contribution in [3.63, 3.8) is 0 Å². The van der Waals surface area contributed by atoms with Gasteiger partial charge in [-0.05, 0) is 6.92 Å². The maximum Gasteiger partial charge on any atom is 0.341 e. The van der Waals surface area contributed by atoms with Gasteiger partial charge in [0.1, 0.15) is 12.0 Å². The summed E-state index contributed by atoms with van der Waals surface area (Å²) in [5.74, 6) is 0.237. The van der Waals surface area contributed by atoms with Crippen LogP contribution in [0.3, 0.4) is 0 Å². The third-order valence-electron chi connectivity index (χ3n) is 2.98. The van der Waals surface area contributed by atoms with Crippen molar-refractivity contribution in [2.75, 3.05) is 0 Å². The van der Waals surface area contributed by atoms with Crippen molar-refractivity contribution in [2.24, 2.45) is 0 Å². The van der Waals surface area contributed by atoms with E-state index in [-0.39, 0.29) is 24.9 Å². The van der Waals surface area contributed by atoms with Crippen LogP contribution in [0.25, 0.3) is 0 Å². The van der Waals surface area contributed by atoms with Gasteiger partial charge in [0, 0.05) is 6.20 Å². The maximum atomic E-state index is 11.0. The SMILES string of the molecule is Cc1ncc([NH+]([O-])O)n1CC(O)Cn1ccnc1[NH+]([O-])O. The Morgan fingerprint density at radius 3 is 2.57 bits per heavy atom. The standard InChI is InChI=1S/C10H16N6O5/c1-7-12-4-9(15(18)19)14(7)6-8(17)5-13-3-2-11-10(13)16(20)21/h2-4,8,15-18,20H,5-6H2,1H3. The topological polar surface area (TPSA) is 151 Å². The number of rotatable bonds is 6. The fourth-order valence-electron chi connectivity index (χ4n) is 2.02. The second kappa shape index (κ2) is 6.28. The molecule has 2 aromatic rings.